The van der Waals surface area contributed by atoms with Crippen molar-refractivity contribution in [3.63, 3.8) is 0 Å². The van der Waals surface area contributed by atoms with Gasteiger partial charge < -0.3 is 0 Å². The van der Waals surface area contributed by atoms with Gasteiger partial charge in [0.1, 0.15) is 11.3 Å². The standard InChI is InChI=1S/C25H31F2N/c1-19(2)28(18-21-7-4-3-5-8-21)16-6-9-20-10-11-22(24(26)12-13-24)23(17-20)25(27)14-15-25/h3-5,7-8,10-11,17,19H,6,9,12-16,18H2,1-2H3. The van der Waals surface area contributed by atoms with E-state index in [0.717, 1.165) is 31.5 Å². The second kappa shape index (κ2) is 7.59. The third kappa shape index (κ3) is 4.30. The van der Waals surface area contributed by atoms with Gasteiger partial charge in [-0.25, -0.2) is 8.78 Å². The fraction of sp³-hybridized carbons (Fsp3) is 0.520. The van der Waals surface area contributed by atoms with Gasteiger partial charge in [0.2, 0.25) is 0 Å². The largest absolute Gasteiger partial charge is 0.297 e. The summed E-state index contributed by atoms with van der Waals surface area (Å²) in [6.45, 7) is 6.40. The minimum absolute atomic E-state index is 0.472. The van der Waals surface area contributed by atoms with Crippen LogP contribution in [0.2, 0.25) is 0 Å². The molecule has 0 amide bonds. The van der Waals surface area contributed by atoms with Crippen LogP contribution in [0.15, 0.2) is 48.5 Å². The molecule has 4 rings (SSSR count). The maximum Gasteiger partial charge on any atom is 0.136 e. The van der Waals surface area contributed by atoms with Crippen LogP contribution >= 0.6 is 0 Å². The molecule has 0 N–H and O–H groups in total. The van der Waals surface area contributed by atoms with E-state index in [9.17, 15) is 8.78 Å². The molecule has 0 aliphatic heterocycles. The van der Waals surface area contributed by atoms with Crippen LogP contribution in [0.3, 0.4) is 0 Å². The van der Waals surface area contributed by atoms with Crippen molar-refractivity contribution in [3.05, 3.63) is 70.8 Å². The number of halogens is 2. The molecule has 3 heteroatoms. The maximum atomic E-state index is 14.9. The molecule has 0 spiro atoms. The van der Waals surface area contributed by atoms with Crippen molar-refractivity contribution in [3.8, 4) is 0 Å². The Kier molecular flexibility index (Phi) is 5.30. The molecule has 0 heterocycles. The Morgan fingerprint density at radius 1 is 0.857 bits per heavy atom. The molecule has 0 saturated heterocycles. The van der Waals surface area contributed by atoms with Crippen molar-refractivity contribution in [2.45, 2.75) is 76.3 Å². The summed E-state index contributed by atoms with van der Waals surface area (Å²) in [5.74, 6) is 0. The number of hydrogen-bond donors (Lipinski definition) is 0. The molecule has 150 valence electrons. The second-order valence-electron chi connectivity index (χ2n) is 8.96. The molecule has 0 aromatic heterocycles. The van der Waals surface area contributed by atoms with Crippen LogP contribution in [0, 0.1) is 0 Å². The zero-order valence-electron chi connectivity index (χ0n) is 17.1. The van der Waals surface area contributed by atoms with Crippen LogP contribution in [0.25, 0.3) is 0 Å². The molecular formula is C25H31F2N. The number of rotatable bonds is 9. The van der Waals surface area contributed by atoms with Crippen molar-refractivity contribution in [2.24, 2.45) is 0 Å². The van der Waals surface area contributed by atoms with Gasteiger partial charge in [0, 0.05) is 12.6 Å². The van der Waals surface area contributed by atoms with Crippen LogP contribution < -0.4 is 0 Å². The summed E-state index contributed by atoms with van der Waals surface area (Å²) >= 11 is 0. The molecule has 0 bridgehead atoms. The Morgan fingerprint density at radius 2 is 1.50 bits per heavy atom. The Labute approximate surface area is 167 Å². The zero-order valence-corrected chi connectivity index (χ0v) is 17.1. The van der Waals surface area contributed by atoms with E-state index >= 15 is 0 Å². The highest BCUT2D eigenvalue weighted by molar-refractivity contribution is 5.44. The number of benzene rings is 2. The van der Waals surface area contributed by atoms with Crippen molar-refractivity contribution in [1.29, 1.82) is 0 Å². The molecule has 0 atom stereocenters. The lowest BCUT2D eigenvalue weighted by Crippen LogP contribution is -2.31. The first-order valence-electron chi connectivity index (χ1n) is 10.7. The first kappa shape index (κ1) is 19.6. The van der Waals surface area contributed by atoms with Gasteiger partial charge in [-0.1, -0.05) is 48.5 Å². The highest BCUT2D eigenvalue weighted by atomic mass is 19.1. The number of aryl methyl sites for hydroxylation is 1. The minimum atomic E-state index is -1.27. The van der Waals surface area contributed by atoms with Crippen LogP contribution in [-0.4, -0.2) is 17.5 Å². The van der Waals surface area contributed by atoms with E-state index < -0.39 is 11.3 Å². The number of nitrogens with zero attached hydrogens (tertiary/aromatic N) is 1. The zero-order chi connectivity index (χ0) is 19.8. The van der Waals surface area contributed by atoms with Crippen LogP contribution in [-0.2, 0) is 24.3 Å². The molecule has 2 aromatic carbocycles. The van der Waals surface area contributed by atoms with E-state index in [1.165, 1.54) is 5.56 Å². The summed E-state index contributed by atoms with van der Waals surface area (Å²) in [6.07, 6.45) is 4.08. The maximum absolute atomic E-state index is 14.9. The molecule has 2 aliphatic carbocycles. The number of alkyl halides is 2. The topological polar surface area (TPSA) is 3.24 Å². The predicted octanol–water partition coefficient (Wildman–Crippen LogP) is 6.45. The van der Waals surface area contributed by atoms with Crippen molar-refractivity contribution < 1.29 is 8.78 Å². The first-order valence-corrected chi connectivity index (χ1v) is 10.7. The van der Waals surface area contributed by atoms with Gasteiger partial charge in [0.15, 0.2) is 0 Å². The van der Waals surface area contributed by atoms with Crippen LogP contribution in [0.5, 0.6) is 0 Å². The lowest BCUT2D eigenvalue weighted by atomic mass is 9.93. The smallest absolute Gasteiger partial charge is 0.136 e. The molecule has 1 nitrogen and oxygen atoms in total. The normalized spacial score (nSPS) is 19.2. The highest BCUT2D eigenvalue weighted by Gasteiger charge is 2.53. The van der Waals surface area contributed by atoms with Crippen LogP contribution in [0.1, 0.15) is 68.2 Å². The van der Waals surface area contributed by atoms with E-state index in [-0.39, 0.29) is 0 Å². The van der Waals surface area contributed by atoms with Gasteiger partial charge in [-0.05, 0) is 81.2 Å². The highest BCUT2D eigenvalue weighted by Crippen LogP contribution is 2.58. The van der Waals surface area contributed by atoms with Crippen molar-refractivity contribution >= 4 is 0 Å². The summed E-state index contributed by atoms with van der Waals surface area (Å²) in [7, 11) is 0. The van der Waals surface area contributed by atoms with Crippen LogP contribution in [0.4, 0.5) is 8.78 Å². The summed E-state index contributed by atoms with van der Waals surface area (Å²) in [4.78, 5) is 2.48. The molecular weight excluding hydrogens is 352 g/mol. The summed E-state index contributed by atoms with van der Waals surface area (Å²) < 4.78 is 29.5. The van der Waals surface area contributed by atoms with Gasteiger partial charge in [-0.2, -0.15) is 0 Å². The van der Waals surface area contributed by atoms with E-state index in [1.54, 1.807) is 0 Å². The molecule has 2 saturated carbocycles. The Bertz CT molecular complexity index is 807. The molecule has 2 fully saturated rings. The SMILES string of the molecule is CC(C)N(CCCc1ccc(C2(F)CC2)c(C2(F)CC2)c1)Cc1ccccc1. The predicted molar refractivity (Wildman–Crippen MR) is 111 cm³/mol. The minimum Gasteiger partial charge on any atom is -0.297 e. The van der Waals surface area contributed by atoms with Gasteiger partial charge in [0.05, 0.1) is 0 Å². The molecule has 28 heavy (non-hydrogen) atoms. The average molecular weight is 384 g/mol. The second-order valence-corrected chi connectivity index (χ2v) is 8.96. The lowest BCUT2D eigenvalue weighted by molar-refractivity contribution is 0.210. The monoisotopic (exact) mass is 383 g/mol. The van der Waals surface area contributed by atoms with Crippen molar-refractivity contribution in [1.82, 2.24) is 4.90 Å². The van der Waals surface area contributed by atoms with Gasteiger partial charge in [0.25, 0.3) is 0 Å². The summed E-state index contributed by atoms with van der Waals surface area (Å²) in [5, 5.41) is 0. The third-order valence-corrected chi connectivity index (χ3v) is 6.30. The Hall–Kier alpha value is -1.74. The Balaban J connectivity index is 1.40. The lowest BCUT2D eigenvalue weighted by Gasteiger charge is -2.26. The molecule has 2 aliphatic rings. The van der Waals surface area contributed by atoms with Gasteiger partial charge in [-0.15, -0.1) is 0 Å². The van der Waals surface area contributed by atoms with Crippen molar-refractivity contribution in [2.75, 3.05) is 6.54 Å². The quantitative estimate of drug-likeness (QED) is 0.481. The van der Waals surface area contributed by atoms with E-state index in [4.69, 9.17) is 0 Å². The molecule has 2 aromatic rings. The average Bonchev–Trinajstić information content (AvgIpc) is 3.61. The van der Waals surface area contributed by atoms with E-state index in [1.807, 2.05) is 24.3 Å². The molecule has 0 unspecified atom stereocenters. The van der Waals surface area contributed by atoms with Gasteiger partial charge in [-0.3, -0.25) is 4.90 Å². The fourth-order valence-corrected chi connectivity index (χ4v) is 4.09. The number of hydrogen-bond acceptors (Lipinski definition) is 1. The first-order chi connectivity index (χ1) is 13.4. The summed E-state index contributed by atoms with van der Waals surface area (Å²) in [6, 6.07) is 16.9. The van der Waals surface area contributed by atoms with Gasteiger partial charge >= 0.3 is 0 Å². The summed E-state index contributed by atoms with van der Waals surface area (Å²) in [5.41, 5.74) is 1.17. The Morgan fingerprint density at radius 3 is 2.11 bits per heavy atom. The third-order valence-electron chi connectivity index (χ3n) is 6.30. The van der Waals surface area contributed by atoms with E-state index in [2.05, 4.69) is 43.0 Å². The fourth-order valence-electron chi connectivity index (χ4n) is 4.09. The van der Waals surface area contributed by atoms with E-state index in [0.29, 0.717) is 42.9 Å². The molecule has 0 radical (unpaired) electrons.